The molecule has 1 atom stereocenters. The Morgan fingerprint density at radius 1 is 1.46 bits per heavy atom. The van der Waals surface area contributed by atoms with Crippen molar-refractivity contribution in [3.05, 3.63) is 0 Å². The second kappa shape index (κ2) is 7.21. The number of nitrogens with zero attached hydrogens (tertiary/aromatic N) is 1. The third-order valence-corrected chi connectivity index (χ3v) is 3.08. The van der Waals surface area contributed by atoms with Crippen molar-refractivity contribution in [3.63, 3.8) is 0 Å². The summed E-state index contributed by atoms with van der Waals surface area (Å²) in [7, 11) is 0. The fraction of sp³-hybridized carbons (Fsp3) is 0.889. The standard InChI is InChI=1S/C9H20N2OS/c1-4-11(5-2)9(12)8(3)13-7-6-10/h8H,4-7,10H2,1-3H3. The van der Waals surface area contributed by atoms with E-state index in [4.69, 9.17) is 5.73 Å². The first-order chi connectivity index (χ1) is 6.17. The molecule has 0 aromatic heterocycles. The maximum absolute atomic E-state index is 11.7. The van der Waals surface area contributed by atoms with E-state index in [1.165, 1.54) is 0 Å². The number of amides is 1. The highest BCUT2D eigenvalue weighted by atomic mass is 32.2. The van der Waals surface area contributed by atoms with Crippen LogP contribution in [0.5, 0.6) is 0 Å². The Kier molecular flexibility index (Phi) is 7.09. The van der Waals surface area contributed by atoms with Crippen LogP contribution in [0.2, 0.25) is 0 Å². The summed E-state index contributed by atoms with van der Waals surface area (Å²) in [5.74, 6) is 1.08. The molecule has 0 saturated heterocycles. The number of carbonyl (C=O) groups is 1. The molecule has 0 heterocycles. The molecule has 1 amide bonds. The van der Waals surface area contributed by atoms with Crippen LogP contribution in [0.25, 0.3) is 0 Å². The molecule has 0 rings (SSSR count). The Morgan fingerprint density at radius 3 is 2.38 bits per heavy atom. The van der Waals surface area contributed by atoms with Crippen molar-refractivity contribution in [2.45, 2.75) is 26.0 Å². The molecule has 0 radical (unpaired) electrons. The minimum absolute atomic E-state index is 0.0449. The van der Waals surface area contributed by atoms with Crippen LogP contribution in [-0.4, -0.2) is 41.4 Å². The van der Waals surface area contributed by atoms with E-state index in [-0.39, 0.29) is 11.2 Å². The number of nitrogens with two attached hydrogens (primary N) is 1. The van der Waals surface area contributed by atoms with E-state index in [2.05, 4.69) is 0 Å². The molecule has 0 spiro atoms. The van der Waals surface area contributed by atoms with E-state index in [0.29, 0.717) is 6.54 Å². The smallest absolute Gasteiger partial charge is 0.235 e. The first-order valence-electron chi connectivity index (χ1n) is 4.77. The van der Waals surface area contributed by atoms with Crippen molar-refractivity contribution in [3.8, 4) is 0 Å². The summed E-state index contributed by atoms with van der Waals surface area (Å²) in [4.78, 5) is 13.5. The maximum atomic E-state index is 11.7. The van der Waals surface area contributed by atoms with Gasteiger partial charge in [0, 0.05) is 25.4 Å². The molecule has 0 bridgehead atoms. The molecule has 13 heavy (non-hydrogen) atoms. The van der Waals surface area contributed by atoms with Gasteiger partial charge in [-0.2, -0.15) is 0 Å². The molecule has 0 aromatic rings. The Balaban J connectivity index is 3.92. The van der Waals surface area contributed by atoms with Crippen molar-refractivity contribution < 1.29 is 4.79 Å². The molecule has 0 saturated carbocycles. The van der Waals surface area contributed by atoms with Crippen molar-refractivity contribution in [1.82, 2.24) is 4.90 Å². The number of rotatable bonds is 6. The Morgan fingerprint density at radius 2 is 2.00 bits per heavy atom. The third kappa shape index (κ3) is 4.52. The van der Waals surface area contributed by atoms with Gasteiger partial charge < -0.3 is 10.6 Å². The van der Waals surface area contributed by atoms with E-state index in [1.54, 1.807) is 11.8 Å². The second-order valence-electron chi connectivity index (χ2n) is 2.81. The first-order valence-corrected chi connectivity index (χ1v) is 5.82. The van der Waals surface area contributed by atoms with Gasteiger partial charge in [0.2, 0.25) is 5.91 Å². The summed E-state index contributed by atoms with van der Waals surface area (Å²) in [6.07, 6.45) is 0. The predicted octanol–water partition coefficient (Wildman–Crippen LogP) is 0.935. The Hall–Kier alpha value is -0.220. The van der Waals surface area contributed by atoms with Crippen molar-refractivity contribution in [2.75, 3.05) is 25.4 Å². The molecule has 0 aliphatic heterocycles. The fourth-order valence-electron chi connectivity index (χ4n) is 1.11. The average Bonchev–Trinajstić information content (AvgIpc) is 2.15. The molecule has 0 aromatic carbocycles. The molecule has 0 fully saturated rings. The SMILES string of the molecule is CCN(CC)C(=O)C(C)SCCN. The predicted molar refractivity (Wildman–Crippen MR) is 58.9 cm³/mol. The van der Waals surface area contributed by atoms with Gasteiger partial charge in [0.25, 0.3) is 0 Å². The first kappa shape index (κ1) is 12.8. The van der Waals surface area contributed by atoms with E-state index in [9.17, 15) is 4.79 Å². The largest absolute Gasteiger partial charge is 0.342 e. The highest BCUT2D eigenvalue weighted by Crippen LogP contribution is 2.12. The quantitative estimate of drug-likeness (QED) is 0.700. The summed E-state index contributed by atoms with van der Waals surface area (Å²) in [5, 5.41) is 0.0449. The van der Waals surface area contributed by atoms with Crippen LogP contribution in [0.4, 0.5) is 0 Å². The van der Waals surface area contributed by atoms with Gasteiger partial charge >= 0.3 is 0 Å². The molecule has 1 unspecified atom stereocenters. The lowest BCUT2D eigenvalue weighted by Gasteiger charge is -2.22. The molecule has 3 nitrogen and oxygen atoms in total. The van der Waals surface area contributed by atoms with Gasteiger partial charge in [-0.25, -0.2) is 0 Å². The second-order valence-corrected chi connectivity index (χ2v) is 4.26. The fourth-order valence-corrected chi connectivity index (χ4v) is 1.89. The minimum Gasteiger partial charge on any atom is -0.342 e. The van der Waals surface area contributed by atoms with E-state index in [1.807, 2.05) is 25.7 Å². The van der Waals surface area contributed by atoms with Gasteiger partial charge in [-0.15, -0.1) is 11.8 Å². The number of hydrogen-bond donors (Lipinski definition) is 1. The normalized spacial score (nSPS) is 12.6. The summed E-state index contributed by atoms with van der Waals surface area (Å²) < 4.78 is 0. The van der Waals surface area contributed by atoms with Crippen molar-refractivity contribution in [2.24, 2.45) is 5.73 Å². The van der Waals surface area contributed by atoms with Crippen LogP contribution >= 0.6 is 11.8 Å². The molecular weight excluding hydrogens is 184 g/mol. The van der Waals surface area contributed by atoms with Gasteiger partial charge in [-0.05, 0) is 20.8 Å². The minimum atomic E-state index is 0.0449. The zero-order valence-electron chi connectivity index (χ0n) is 8.75. The summed E-state index contributed by atoms with van der Waals surface area (Å²) in [5.41, 5.74) is 5.37. The van der Waals surface area contributed by atoms with Crippen LogP contribution in [0.3, 0.4) is 0 Å². The highest BCUT2D eigenvalue weighted by molar-refractivity contribution is 8.00. The number of carbonyl (C=O) groups excluding carboxylic acids is 1. The molecule has 78 valence electrons. The van der Waals surface area contributed by atoms with E-state index in [0.717, 1.165) is 18.8 Å². The Labute approximate surface area is 85.0 Å². The topological polar surface area (TPSA) is 46.3 Å². The van der Waals surface area contributed by atoms with Crippen molar-refractivity contribution in [1.29, 1.82) is 0 Å². The van der Waals surface area contributed by atoms with E-state index < -0.39 is 0 Å². The Bertz CT molecular complexity index is 149. The monoisotopic (exact) mass is 204 g/mol. The van der Waals surface area contributed by atoms with Gasteiger partial charge in [0.1, 0.15) is 0 Å². The molecule has 4 heteroatoms. The molecule has 0 aliphatic carbocycles. The van der Waals surface area contributed by atoms with Gasteiger partial charge in [-0.3, -0.25) is 4.79 Å². The summed E-state index contributed by atoms with van der Waals surface area (Å²) >= 11 is 1.63. The van der Waals surface area contributed by atoms with Crippen molar-refractivity contribution >= 4 is 17.7 Å². The number of hydrogen-bond acceptors (Lipinski definition) is 3. The van der Waals surface area contributed by atoms with E-state index >= 15 is 0 Å². The lowest BCUT2D eigenvalue weighted by molar-refractivity contribution is -0.129. The summed E-state index contributed by atoms with van der Waals surface area (Å²) in [6.45, 7) is 8.18. The van der Waals surface area contributed by atoms with Gasteiger partial charge in [0.15, 0.2) is 0 Å². The zero-order valence-corrected chi connectivity index (χ0v) is 9.56. The molecular formula is C9H20N2OS. The van der Waals surface area contributed by atoms with Crippen LogP contribution < -0.4 is 5.73 Å². The average molecular weight is 204 g/mol. The lowest BCUT2D eigenvalue weighted by Crippen LogP contribution is -2.36. The maximum Gasteiger partial charge on any atom is 0.235 e. The lowest BCUT2D eigenvalue weighted by atomic mass is 10.4. The van der Waals surface area contributed by atoms with Crippen LogP contribution in [0.15, 0.2) is 0 Å². The van der Waals surface area contributed by atoms with Crippen LogP contribution in [-0.2, 0) is 4.79 Å². The van der Waals surface area contributed by atoms with Gasteiger partial charge in [0.05, 0.1) is 5.25 Å². The molecule has 0 aliphatic rings. The zero-order chi connectivity index (χ0) is 10.3. The van der Waals surface area contributed by atoms with Crippen LogP contribution in [0, 0.1) is 0 Å². The van der Waals surface area contributed by atoms with Crippen LogP contribution in [0.1, 0.15) is 20.8 Å². The summed E-state index contributed by atoms with van der Waals surface area (Å²) in [6, 6.07) is 0. The number of thioether (sulfide) groups is 1. The van der Waals surface area contributed by atoms with Gasteiger partial charge in [-0.1, -0.05) is 0 Å². The third-order valence-electron chi connectivity index (χ3n) is 1.91. The highest BCUT2D eigenvalue weighted by Gasteiger charge is 2.17. The molecule has 2 N–H and O–H groups in total.